The van der Waals surface area contributed by atoms with E-state index in [4.69, 9.17) is 4.74 Å². The van der Waals surface area contributed by atoms with Crippen molar-refractivity contribution in [1.82, 2.24) is 9.88 Å². The van der Waals surface area contributed by atoms with Crippen molar-refractivity contribution in [2.75, 3.05) is 14.2 Å². The van der Waals surface area contributed by atoms with Crippen LogP contribution in [0.4, 0.5) is 0 Å². The minimum Gasteiger partial charge on any atom is -0.497 e. The van der Waals surface area contributed by atoms with E-state index in [9.17, 15) is 9.59 Å². The molecule has 0 saturated heterocycles. The first-order valence-corrected chi connectivity index (χ1v) is 7.88. The number of aromatic nitrogens is 1. The molecule has 0 spiro atoms. The number of methoxy groups -OCH3 is 1. The minimum atomic E-state index is -0.365. The Balaban J connectivity index is 2.43. The van der Waals surface area contributed by atoms with Crippen LogP contribution in [0.5, 0.6) is 5.75 Å². The molecule has 0 bridgehead atoms. The number of benzene rings is 1. The van der Waals surface area contributed by atoms with Gasteiger partial charge in [0, 0.05) is 23.2 Å². The van der Waals surface area contributed by atoms with Crippen molar-refractivity contribution < 1.29 is 14.3 Å². The molecule has 1 N–H and O–H groups in total. The first-order valence-electron chi connectivity index (χ1n) is 7.06. The smallest absolute Gasteiger partial charge is 0.279 e. The van der Waals surface area contributed by atoms with Crippen LogP contribution in [-0.4, -0.2) is 30.5 Å². The monoisotopic (exact) mass is 333 g/mol. The number of hydrogen-bond acceptors (Lipinski definition) is 4. The van der Waals surface area contributed by atoms with Gasteiger partial charge in [-0.05, 0) is 32.0 Å². The highest BCUT2D eigenvalue weighted by Crippen LogP contribution is 2.14. The van der Waals surface area contributed by atoms with Crippen molar-refractivity contribution in [2.45, 2.75) is 20.4 Å². The van der Waals surface area contributed by atoms with Crippen molar-refractivity contribution >= 4 is 23.2 Å². The second-order valence-electron chi connectivity index (χ2n) is 4.93. The number of thiazole rings is 1. The number of carbonyl (C=O) groups is 2. The molecule has 1 heterocycles. The molecule has 1 aromatic heterocycles. The Morgan fingerprint density at radius 2 is 2.09 bits per heavy atom. The number of nitrogens with zero attached hydrogens (tertiary/aromatic N) is 2. The highest BCUT2D eigenvalue weighted by molar-refractivity contribution is 7.09. The van der Waals surface area contributed by atoms with Crippen molar-refractivity contribution in [3.8, 4) is 5.75 Å². The van der Waals surface area contributed by atoms with Gasteiger partial charge < -0.3 is 14.6 Å². The molecular weight excluding hydrogens is 314 g/mol. The molecule has 122 valence electrons. The topological polar surface area (TPSA) is 72.7 Å². The van der Waals surface area contributed by atoms with Gasteiger partial charge in [-0.2, -0.15) is 4.99 Å². The Morgan fingerprint density at radius 3 is 2.74 bits per heavy atom. The molecule has 0 unspecified atom stereocenters. The van der Waals surface area contributed by atoms with E-state index in [2.05, 4.69) is 10.3 Å². The SMILES string of the molecule is CNC(=O)Cn1c(C)c(C)sc1=NC(=O)c1cccc(OC)c1. The number of aryl methyl sites for hydroxylation is 1. The maximum absolute atomic E-state index is 12.4. The van der Waals surface area contributed by atoms with Gasteiger partial charge in [-0.25, -0.2) is 0 Å². The standard InChI is InChI=1S/C16H19N3O3S/c1-10-11(2)23-16(19(10)9-14(20)17-3)18-15(21)12-6-5-7-13(8-12)22-4/h5-8H,9H2,1-4H3,(H,17,20). The zero-order valence-electron chi connectivity index (χ0n) is 13.5. The van der Waals surface area contributed by atoms with E-state index in [0.29, 0.717) is 16.1 Å². The molecule has 7 heteroatoms. The maximum Gasteiger partial charge on any atom is 0.279 e. The van der Waals surface area contributed by atoms with E-state index in [-0.39, 0.29) is 18.4 Å². The number of hydrogen-bond donors (Lipinski definition) is 1. The van der Waals surface area contributed by atoms with Crippen LogP contribution in [0.2, 0.25) is 0 Å². The van der Waals surface area contributed by atoms with Gasteiger partial charge in [0.1, 0.15) is 12.3 Å². The van der Waals surface area contributed by atoms with Gasteiger partial charge in [-0.3, -0.25) is 9.59 Å². The van der Waals surface area contributed by atoms with Crippen molar-refractivity contribution in [1.29, 1.82) is 0 Å². The van der Waals surface area contributed by atoms with E-state index in [1.807, 2.05) is 13.8 Å². The third-order valence-corrected chi connectivity index (χ3v) is 4.58. The molecule has 1 aromatic carbocycles. The lowest BCUT2D eigenvalue weighted by molar-refractivity contribution is -0.121. The molecule has 0 aliphatic carbocycles. The molecule has 6 nitrogen and oxygen atoms in total. The van der Waals surface area contributed by atoms with Gasteiger partial charge in [0.05, 0.1) is 7.11 Å². The van der Waals surface area contributed by atoms with Crippen LogP contribution in [-0.2, 0) is 11.3 Å². The molecule has 2 rings (SSSR count). The van der Waals surface area contributed by atoms with Crippen LogP contribution in [0.25, 0.3) is 0 Å². The van der Waals surface area contributed by atoms with Gasteiger partial charge in [0.15, 0.2) is 4.80 Å². The molecular formula is C16H19N3O3S. The highest BCUT2D eigenvalue weighted by Gasteiger charge is 2.12. The number of likely N-dealkylation sites (N-methyl/N-ethyl adjacent to an activating group) is 1. The number of ether oxygens (including phenoxy) is 1. The summed E-state index contributed by atoms with van der Waals surface area (Å²) in [6.07, 6.45) is 0. The van der Waals surface area contributed by atoms with Crippen molar-refractivity contribution in [3.63, 3.8) is 0 Å². The van der Waals surface area contributed by atoms with E-state index in [1.54, 1.807) is 43.0 Å². The molecule has 2 amide bonds. The van der Waals surface area contributed by atoms with E-state index >= 15 is 0 Å². The van der Waals surface area contributed by atoms with Crippen LogP contribution in [0.1, 0.15) is 20.9 Å². The summed E-state index contributed by atoms with van der Waals surface area (Å²) < 4.78 is 6.87. The largest absolute Gasteiger partial charge is 0.497 e. The average Bonchev–Trinajstić information content (AvgIpc) is 2.82. The van der Waals surface area contributed by atoms with Gasteiger partial charge in [-0.15, -0.1) is 11.3 Å². The molecule has 23 heavy (non-hydrogen) atoms. The number of rotatable bonds is 4. The predicted molar refractivity (Wildman–Crippen MR) is 88.7 cm³/mol. The zero-order valence-corrected chi connectivity index (χ0v) is 14.4. The third-order valence-electron chi connectivity index (χ3n) is 3.48. The lowest BCUT2D eigenvalue weighted by atomic mass is 10.2. The van der Waals surface area contributed by atoms with Gasteiger partial charge in [-0.1, -0.05) is 6.07 Å². The Bertz CT molecular complexity index is 805. The first-order chi connectivity index (χ1) is 11.0. The van der Waals surface area contributed by atoms with Crippen LogP contribution in [0.3, 0.4) is 0 Å². The van der Waals surface area contributed by atoms with Crippen molar-refractivity contribution in [2.24, 2.45) is 4.99 Å². The maximum atomic E-state index is 12.4. The summed E-state index contributed by atoms with van der Waals surface area (Å²) in [5.74, 6) is 0.0970. The summed E-state index contributed by atoms with van der Waals surface area (Å²) in [6, 6.07) is 6.83. The molecule has 0 aliphatic heterocycles. The number of amides is 2. The molecule has 0 aliphatic rings. The summed E-state index contributed by atoms with van der Waals surface area (Å²) >= 11 is 1.39. The lowest BCUT2D eigenvalue weighted by Crippen LogP contribution is -2.29. The highest BCUT2D eigenvalue weighted by atomic mass is 32.1. The van der Waals surface area contributed by atoms with E-state index in [0.717, 1.165) is 10.6 Å². The fourth-order valence-corrected chi connectivity index (χ4v) is 2.97. The lowest BCUT2D eigenvalue weighted by Gasteiger charge is -2.05. The van der Waals surface area contributed by atoms with Crippen LogP contribution in [0, 0.1) is 13.8 Å². The second kappa shape index (κ2) is 7.23. The van der Waals surface area contributed by atoms with Crippen LogP contribution >= 0.6 is 11.3 Å². The second-order valence-corrected chi connectivity index (χ2v) is 6.12. The van der Waals surface area contributed by atoms with Crippen LogP contribution in [0.15, 0.2) is 29.3 Å². The minimum absolute atomic E-state index is 0.136. The van der Waals surface area contributed by atoms with Gasteiger partial charge >= 0.3 is 0 Å². The number of carbonyl (C=O) groups excluding carboxylic acids is 2. The molecule has 0 atom stereocenters. The summed E-state index contributed by atoms with van der Waals surface area (Å²) in [4.78, 5) is 29.8. The Labute approximate surface area is 138 Å². The van der Waals surface area contributed by atoms with E-state index in [1.165, 1.54) is 11.3 Å². The summed E-state index contributed by atoms with van der Waals surface area (Å²) in [7, 11) is 3.12. The quantitative estimate of drug-likeness (QED) is 0.925. The van der Waals surface area contributed by atoms with Crippen molar-refractivity contribution in [3.05, 3.63) is 45.2 Å². The predicted octanol–water partition coefficient (Wildman–Crippen LogP) is 1.66. The number of nitrogens with one attached hydrogen (secondary N) is 1. The summed E-state index contributed by atoms with van der Waals surface area (Å²) in [6.45, 7) is 3.98. The van der Waals surface area contributed by atoms with E-state index < -0.39 is 0 Å². The average molecular weight is 333 g/mol. The molecule has 0 fully saturated rings. The Kier molecular flexibility index (Phi) is 5.33. The Hall–Kier alpha value is -2.41. The Morgan fingerprint density at radius 1 is 1.35 bits per heavy atom. The fraction of sp³-hybridized carbons (Fsp3) is 0.312. The molecule has 0 saturated carbocycles. The van der Waals surface area contributed by atoms with Gasteiger partial charge in [0.25, 0.3) is 5.91 Å². The zero-order chi connectivity index (χ0) is 17.0. The van der Waals surface area contributed by atoms with Crippen LogP contribution < -0.4 is 14.9 Å². The van der Waals surface area contributed by atoms with Gasteiger partial charge in [0.2, 0.25) is 5.91 Å². The molecule has 0 radical (unpaired) electrons. The summed E-state index contributed by atoms with van der Waals surface area (Å²) in [5, 5.41) is 2.58. The molecule has 2 aromatic rings. The first kappa shape index (κ1) is 17.0. The fourth-order valence-electron chi connectivity index (χ4n) is 2.00. The third kappa shape index (κ3) is 3.87. The summed E-state index contributed by atoms with van der Waals surface area (Å²) in [5.41, 5.74) is 1.37. The normalized spacial score (nSPS) is 11.4.